The molecule has 1 atom stereocenters. The molecule has 0 nitrogen and oxygen atoms in total. The topological polar surface area (TPSA) is 0 Å². The first-order chi connectivity index (χ1) is 9.27. The van der Waals surface area contributed by atoms with Gasteiger partial charge in [0.1, 0.15) is 0 Å². The molecular formula is C19H18. The average Bonchev–Trinajstić information content (AvgIpc) is 2.76. The zero-order chi connectivity index (χ0) is 13.0. The molecule has 0 N–H and O–H groups in total. The van der Waals surface area contributed by atoms with E-state index in [0.717, 1.165) is 6.42 Å². The maximum absolute atomic E-state index is 2.39. The molecule has 2 aliphatic rings. The summed E-state index contributed by atoms with van der Waals surface area (Å²) in [5.41, 5.74) is 9.07. The summed E-state index contributed by atoms with van der Waals surface area (Å²) >= 11 is 0. The molecule has 0 spiro atoms. The SMILES string of the molecule is CC(C)c1ccc2c3c1CC=CC3c1ccccc1-2. The summed E-state index contributed by atoms with van der Waals surface area (Å²) in [5, 5.41) is 0. The van der Waals surface area contributed by atoms with Crippen LogP contribution in [0.1, 0.15) is 47.9 Å². The van der Waals surface area contributed by atoms with Gasteiger partial charge in [-0.3, -0.25) is 0 Å². The first kappa shape index (κ1) is 11.0. The van der Waals surface area contributed by atoms with Crippen LogP contribution >= 0.6 is 0 Å². The van der Waals surface area contributed by atoms with Crippen molar-refractivity contribution < 1.29 is 0 Å². The summed E-state index contributed by atoms with van der Waals surface area (Å²) in [6, 6.07) is 13.6. The van der Waals surface area contributed by atoms with Crippen LogP contribution in [0.3, 0.4) is 0 Å². The Kier molecular flexibility index (Phi) is 2.23. The lowest BCUT2D eigenvalue weighted by Gasteiger charge is -2.22. The largest absolute Gasteiger partial charge is 0.0832 e. The molecule has 0 aromatic heterocycles. The molecule has 0 fully saturated rings. The minimum Gasteiger partial charge on any atom is -0.0832 e. The number of benzene rings is 2. The molecule has 4 rings (SSSR count). The molecule has 2 aliphatic carbocycles. The van der Waals surface area contributed by atoms with Crippen molar-refractivity contribution in [1.82, 2.24) is 0 Å². The van der Waals surface area contributed by atoms with Crippen LogP contribution < -0.4 is 0 Å². The smallest absolute Gasteiger partial charge is 0.0284 e. The zero-order valence-electron chi connectivity index (χ0n) is 11.5. The van der Waals surface area contributed by atoms with E-state index < -0.39 is 0 Å². The zero-order valence-corrected chi connectivity index (χ0v) is 11.5. The fraction of sp³-hybridized carbons (Fsp3) is 0.263. The third-order valence-corrected chi connectivity index (χ3v) is 4.56. The number of hydrogen-bond donors (Lipinski definition) is 0. The second-order valence-electron chi connectivity index (χ2n) is 5.95. The molecule has 19 heavy (non-hydrogen) atoms. The van der Waals surface area contributed by atoms with E-state index in [0.29, 0.717) is 11.8 Å². The Morgan fingerprint density at radius 1 is 1.00 bits per heavy atom. The van der Waals surface area contributed by atoms with Gasteiger partial charge in [-0.2, -0.15) is 0 Å². The van der Waals surface area contributed by atoms with Crippen LogP contribution in [0.15, 0.2) is 48.6 Å². The van der Waals surface area contributed by atoms with Crippen LogP contribution in [0, 0.1) is 0 Å². The van der Waals surface area contributed by atoms with Crippen LogP contribution in [0.5, 0.6) is 0 Å². The van der Waals surface area contributed by atoms with Crippen molar-refractivity contribution in [2.45, 2.75) is 32.1 Å². The van der Waals surface area contributed by atoms with Crippen molar-refractivity contribution >= 4 is 0 Å². The van der Waals surface area contributed by atoms with Crippen molar-refractivity contribution in [3.8, 4) is 11.1 Å². The fourth-order valence-corrected chi connectivity index (χ4v) is 3.73. The van der Waals surface area contributed by atoms with Gasteiger partial charge in [0.15, 0.2) is 0 Å². The summed E-state index contributed by atoms with van der Waals surface area (Å²) in [6.07, 6.45) is 5.84. The van der Waals surface area contributed by atoms with Gasteiger partial charge >= 0.3 is 0 Å². The van der Waals surface area contributed by atoms with Gasteiger partial charge < -0.3 is 0 Å². The maximum Gasteiger partial charge on any atom is 0.0284 e. The highest BCUT2D eigenvalue weighted by Crippen LogP contribution is 2.50. The lowest BCUT2D eigenvalue weighted by molar-refractivity contribution is 0.835. The lowest BCUT2D eigenvalue weighted by atomic mass is 9.82. The number of allylic oxidation sites excluding steroid dienone is 2. The Labute approximate surface area is 114 Å². The van der Waals surface area contributed by atoms with Crippen molar-refractivity contribution in [3.05, 3.63) is 70.8 Å². The molecule has 0 saturated heterocycles. The molecular weight excluding hydrogens is 228 g/mol. The van der Waals surface area contributed by atoms with Crippen molar-refractivity contribution in [1.29, 1.82) is 0 Å². The fourth-order valence-electron chi connectivity index (χ4n) is 3.73. The number of rotatable bonds is 1. The molecule has 0 heteroatoms. The van der Waals surface area contributed by atoms with Crippen LogP contribution in [0.4, 0.5) is 0 Å². The van der Waals surface area contributed by atoms with Crippen LogP contribution in [0.2, 0.25) is 0 Å². The molecule has 0 saturated carbocycles. The summed E-state index contributed by atoms with van der Waals surface area (Å²) in [6.45, 7) is 4.60. The number of hydrogen-bond acceptors (Lipinski definition) is 0. The Morgan fingerprint density at radius 2 is 1.84 bits per heavy atom. The Hall–Kier alpha value is -1.82. The molecule has 2 aromatic carbocycles. The number of fused-ring (bicyclic) bond motifs is 3. The van der Waals surface area contributed by atoms with Crippen molar-refractivity contribution in [2.24, 2.45) is 0 Å². The van der Waals surface area contributed by atoms with E-state index in [9.17, 15) is 0 Å². The van der Waals surface area contributed by atoms with E-state index in [1.54, 1.807) is 11.1 Å². The van der Waals surface area contributed by atoms with Gasteiger partial charge in [-0.25, -0.2) is 0 Å². The predicted octanol–water partition coefficient (Wildman–Crippen LogP) is 5.03. The third kappa shape index (κ3) is 1.40. The first-order valence-electron chi connectivity index (χ1n) is 7.19. The van der Waals surface area contributed by atoms with Crippen molar-refractivity contribution in [2.75, 3.05) is 0 Å². The summed E-state index contributed by atoms with van der Waals surface area (Å²) in [5.74, 6) is 1.10. The monoisotopic (exact) mass is 246 g/mol. The van der Waals surface area contributed by atoms with E-state index in [1.165, 1.54) is 22.3 Å². The first-order valence-corrected chi connectivity index (χ1v) is 7.19. The van der Waals surface area contributed by atoms with Gasteiger partial charge in [-0.1, -0.05) is 62.4 Å². The quantitative estimate of drug-likeness (QED) is 0.619. The van der Waals surface area contributed by atoms with E-state index in [4.69, 9.17) is 0 Å². The molecule has 1 unspecified atom stereocenters. The van der Waals surface area contributed by atoms with Gasteiger partial charge in [0.2, 0.25) is 0 Å². The highest BCUT2D eigenvalue weighted by atomic mass is 14.3. The van der Waals surface area contributed by atoms with Crippen LogP contribution in [-0.4, -0.2) is 0 Å². The standard InChI is InChI=1S/C19H18/c1-12(2)13-10-11-18-15-7-4-3-6-14(15)17-9-5-8-16(13)19(17)18/h3-7,9-12,17H,8H2,1-2H3. The molecule has 0 radical (unpaired) electrons. The Morgan fingerprint density at radius 3 is 2.68 bits per heavy atom. The normalized spacial score (nSPS) is 18.6. The molecule has 2 aromatic rings. The van der Waals surface area contributed by atoms with Gasteiger partial charge in [0, 0.05) is 5.92 Å². The molecule has 0 amide bonds. The van der Waals surface area contributed by atoms with Gasteiger partial charge in [0.05, 0.1) is 0 Å². The van der Waals surface area contributed by atoms with Gasteiger partial charge in [-0.05, 0) is 45.7 Å². The molecule has 94 valence electrons. The van der Waals surface area contributed by atoms with E-state index in [2.05, 4.69) is 62.4 Å². The lowest BCUT2D eigenvalue weighted by Crippen LogP contribution is -2.07. The van der Waals surface area contributed by atoms with E-state index >= 15 is 0 Å². The van der Waals surface area contributed by atoms with Gasteiger partial charge in [-0.15, -0.1) is 0 Å². The maximum atomic E-state index is 2.39. The Balaban J connectivity index is 2.06. The predicted molar refractivity (Wildman–Crippen MR) is 80.7 cm³/mol. The summed E-state index contributed by atoms with van der Waals surface area (Å²) in [4.78, 5) is 0. The van der Waals surface area contributed by atoms with Crippen LogP contribution in [-0.2, 0) is 6.42 Å². The van der Waals surface area contributed by atoms with Crippen LogP contribution in [0.25, 0.3) is 11.1 Å². The van der Waals surface area contributed by atoms with E-state index in [1.807, 2.05) is 0 Å². The molecule has 0 bridgehead atoms. The molecule has 0 heterocycles. The second kappa shape index (κ2) is 3.84. The van der Waals surface area contributed by atoms with E-state index in [-0.39, 0.29) is 0 Å². The highest BCUT2D eigenvalue weighted by molar-refractivity contribution is 5.82. The Bertz CT molecular complexity index is 689. The summed E-state index contributed by atoms with van der Waals surface area (Å²) < 4.78 is 0. The average molecular weight is 246 g/mol. The third-order valence-electron chi connectivity index (χ3n) is 4.56. The second-order valence-corrected chi connectivity index (χ2v) is 5.95. The van der Waals surface area contributed by atoms with Crippen molar-refractivity contribution in [3.63, 3.8) is 0 Å². The van der Waals surface area contributed by atoms with Gasteiger partial charge in [0.25, 0.3) is 0 Å². The highest BCUT2D eigenvalue weighted by Gasteiger charge is 2.31. The minimum absolute atomic E-state index is 0.494. The minimum atomic E-state index is 0.494. The molecule has 0 aliphatic heterocycles. The summed E-state index contributed by atoms with van der Waals surface area (Å²) in [7, 11) is 0.